The number of aliphatic carboxylic acids is 1. The summed E-state index contributed by atoms with van der Waals surface area (Å²) >= 11 is 9.44. The van der Waals surface area contributed by atoms with Crippen LogP contribution in [-0.2, 0) is 11.3 Å². The maximum atomic E-state index is 10.6. The van der Waals surface area contributed by atoms with Crippen molar-refractivity contribution in [1.82, 2.24) is 14.8 Å². The number of hydrogen-bond donors (Lipinski definition) is 1. The molecule has 5 nitrogen and oxygen atoms in total. The van der Waals surface area contributed by atoms with Crippen LogP contribution in [0.1, 0.15) is 6.92 Å². The van der Waals surface area contributed by atoms with E-state index in [0.717, 1.165) is 20.9 Å². The van der Waals surface area contributed by atoms with Gasteiger partial charge >= 0.3 is 5.97 Å². The predicted octanol–water partition coefficient (Wildman–Crippen LogP) is 3.40. The second-order valence-electron chi connectivity index (χ2n) is 3.86. The lowest BCUT2D eigenvalue weighted by Crippen LogP contribution is -2.03. The number of carbonyl (C=O) groups is 1. The number of carboxylic acid groups (broad SMARTS) is 1. The molecule has 2 aromatic rings. The molecule has 1 aromatic carbocycles. The molecule has 20 heavy (non-hydrogen) atoms. The summed E-state index contributed by atoms with van der Waals surface area (Å²) in [6, 6.07) is 5.68. The highest BCUT2D eigenvalue weighted by Crippen LogP contribution is 2.28. The van der Waals surface area contributed by atoms with E-state index in [-0.39, 0.29) is 5.75 Å². The molecule has 106 valence electrons. The minimum Gasteiger partial charge on any atom is -0.481 e. The van der Waals surface area contributed by atoms with Crippen molar-refractivity contribution in [2.24, 2.45) is 0 Å². The molecule has 0 saturated heterocycles. The maximum Gasteiger partial charge on any atom is 0.313 e. The van der Waals surface area contributed by atoms with E-state index in [0.29, 0.717) is 22.5 Å². The number of rotatable bonds is 5. The Bertz CT molecular complexity index is 648. The van der Waals surface area contributed by atoms with E-state index in [4.69, 9.17) is 16.7 Å². The monoisotopic (exact) mass is 423 g/mol. The van der Waals surface area contributed by atoms with Crippen LogP contribution >= 0.6 is 46.0 Å². The number of benzene rings is 1. The van der Waals surface area contributed by atoms with Crippen molar-refractivity contribution in [3.63, 3.8) is 0 Å². The molecule has 0 saturated carbocycles. The quantitative estimate of drug-likeness (QED) is 0.590. The minimum atomic E-state index is -0.875. The molecule has 1 aromatic heterocycles. The summed E-state index contributed by atoms with van der Waals surface area (Å²) in [4.78, 5) is 10.6. The number of halogens is 2. The summed E-state index contributed by atoms with van der Waals surface area (Å²) < 4.78 is 2.85. The first-order valence-electron chi connectivity index (χ1n) is 5.76. The molecular weight excluding hydrogens is 413 g/mol. The van der Waals surface area contributed by atoms with Crippen LogP contribution in [0.25, 0.3) is 11.4 Å². The molecule has 0 bridgehead atoms. The van der Waals surface area contributed by atoms with E-state index in [2.05, 4.69) is 32.8 Å². The zero-order chi connectivity index (χ0) is 14.7. The van der Waals surface area contributed by atoms with Gasteiger partial charge in [0.05, 0.1) is 10.8 Å². The normalized spacial score (nSPS) is 10.8. The van der Waals surface area contributed by atoms with Gasteiger partial charge in [-0.2, -0.15) is 0 Å². The number of nitrogens with zero attached hydrogens (tertiary/aromatic N) is 3. The molecule has 0 aliphatic heterocycles. The number of carboxylic acids is 1. The third kappa shape index (κ3) is 3.44. The Morgan fingerprint density at radius 2 is 2.25 bits per heavy atom. The van der Waals surface area contributed by atoms with Crippen molar-refractivity contribution in [3.8, 4) is 11.4 Å². The van der Waals surface area contributed by atoms with E-state index in [1.165, 1.54) is 0 Å². The van der Waals surface area contributed by atoms with Gasteiger partial charge in [0.15, 0.2) is 11.0 Å². The molecule has 0 spiro atoms. The maximum absolute atomic E-state index is 10.6. The summed E-state index contributed by atoms with van der Waals surface area (Å²) in [5, 5.41) is 18.2. The zero-order valence-corrected chi connectivity index (χ0v) is 14.2. The van der Waals surface area contributed by atoms with Crippen LogP contribution in [0.4, 0.5) is 0 Å². The topological polar surface area (TPSA) is 68.0 Å². The first-order valence-corrected chi connectivity index (χ1v) is 8.20. The standard InChI is InChI=1S/C12H11ClIN3O2S/c1-2-17-11(7-3-4-9(14)8(13)5-7)15-16-12(17)20-6-10(18)19/h3-5H,2,6H2,1H3,(H,18,19). The fourth-order valence-electron chi connectivity index (χ4n) is 1.66. The average molecular weight is 424 g/mol. The molecule has 0 unspecified atom stereocenters. The highest BCUT2D eigenvalue weighted by atomic mass is 127. The van der Waals surface area contributed by atoms with Crippen LogP contribution in [0.5, 0.6) is 0 Å². The van der Waals surface area contributed by atoms with Crippen molar-refractivity contribution in [3.05, 3.63) is 26.8 Å². The van der Waals surface area contributed by atoms with Gasteiger partial charge in [0.1, 0.15) is 0 Å². The molecule has 1 N–H and O–H groups in total. The summed E-state index contributed by atoms with van der Waals surface area (Å²) in [7, 11) is 0. The molecule has 2 rings (SSSR count). The Balaban J connectivity index is 2.36. The van der Waals surface area contributed by atoms with E-state index >= 15 is 0 Å². The lowest BCUT2D eigenvalue weighted by atomic mass is 10.2. The molecule has 8 heteroatoms. The van der Waals surface area contributed by atoms with Gasteiger partial charge in [-0.25, -0.2) is 0 Å². The van der Waals surface area contributed by atoms with Gasteiger partial charge in [0, 0.05) is 15.7 Å². The summed E-state index contributed by atoms with van der Waals surface area (Å²) in [5.41, 5.74) is 0.868. The Kier molecular flexibility index (Phi) is 5.28. The lowest BCUT2D eigenvalue weighted by Gasteiger charge is -2.07. The van der Waals surface area contributed by atoms with Crippen molar-refractivity contribution in [2.45, 2.75) is 18.6 Å². The van der Waals surface area contributed by atoms with Gasteiger partial charge in [0.2, 0.25) is 0 Å². The predicted molar refractivity (Wildman–Crippen MR) is 87.2 cm³/mol. The van der Waals surface area contributed by atoms with Crippen LogP contribution in [0, 0.1) is 3.57 Å². The van der Waals surface area contributed by atoms with Crippen molar-refractivity contribution in [1.29, 1.82) is 0 Å². The van der Waals surface area contributed by atoms with Gasteiger partial charge in [-0.15, -0.1) is 10.2 Å². The lowest BCUT2D eigenvalue weighted by molar-refractivity contribution is -0.133. The van der Waals surface area contributed by atoms with E-state index in [9.17, 15) is 4.79 Å². The fraction of sp³-hybridized carbons (Fsp3) is 0.250. The average Bonchev–Trinajstić information content (AvgIpc) is 2.82. The number of thioether (sulfide) groups is 1. The zero-order valence-electron chi connectivity index (χ0n) is 10.5. The van der Waals surface area contributed by atoms with E-state index in [1.54, 1.807) is 0 Å². The smallest absolute Gasteiger partial charge is 0.313 e. The van der Waals surface area contributed by atoms with Crippen molar-refractivity contribution in [2.75, 3.05) is 5.75 Å². The number of aromatic nitrogens is 3. The van der Waals surface area contributed by atoms with Crippen LogP contribution in [0.15, 0.2) is 23.4 Å². The first kappa shape index (κ1) is 15.6. The highest BCUT2D eigenvalue weighted by molar-refractivity contribution is 14.1. The molecule has 0 amide bonds. The van der Waals surface area contributed by atoms with Gasteiger partial charge in [0.25, 0.3) is 0 Å². The Morgan fingerprint density at radius 1 is 1.50 bits per heavy atom. The van der Waals surface area contributed by atoms with Crippen LogP contribution in [0.3, 0.4) is 0 Å². The summed E-state index contributed by atoms with van der Waals surface area (Å²) in [6.07, 6.45) is 0. The molecular formula is C12H11ClIN3O2S. The van der Waals surface area contributed by atoms with Gasteiger partial charge in [-0.3, -0.25) is 4.79 Å². The largest absolute Gasteiger partial charge is 0.481 e. The summed E-state index contributed by atoms with van der Waals surface area (Å²) in [5.74, 6) is -0.218. The van der Waals surface area contributed by atoms with Crippen LogP contribution in [0.2, 0.25) is 5.02 Å². The molecule has 0 aliphatic carbocycles. The van der Waals surface area contributed by atoms with Gasteiger partial charge < -0.3 is 9.67 Å². The SMILES string of the molecule is CCn1c(SCC(=O)O)nnc1-c1ccc(I)c(Cl)c1. The Labute approximate surface area is 138 Å². The van der Waals surface area contributed by atoms with Crippen molar-refractivity contribution < 1.29 is 9.90 Å². The summed E-state index contributed by atoms with van der Waals surface area (Å²) in [6.45, 7) is 2.62. The second-order valence-corrected chi connectivity index (χ2v) is 6.37. The first-order chi connectivity index (χ1) is 9.52. The Hall–Kier alpha value is -0.800. The van der Waals surface area contributed by atoms with E-state index < -0.39 is 5.97 Å². The van der Waals surface area contributed by atoms with E-state index in [1.807, 2.05) is 29.7 Å². The molecule has 0 radical (unpaired) electrons. The third-order valence-corrected chi connectivity index (χ3v) is 5.06. The van der Waals surface area contributed by atoms with Crippen LogP contribution in [-0.4, -0.2) is 31.6 Å². The highest BCUT2D eigenvalue weighted by Gasteiger charge is 2.15. The minimum absolute atomic E-state index is 0.0361. The van der Waals surface area contributed by atoms with Gasteiger partial charge in [-0.05, 0) is 41.6 Å². The fourth-order valence-corrected chi connectivity index (χ4v) is 2.89. The third-order valence-electron chi connectivity index (χ3n) is 2.54. The molecule has 0 aliphatic rings. The second kappa shape index (κ2) is 6.77. The Morgan fingerprint density at radius 3 is 2.85 bits per heavy atom. The van der Waals surface area contributed by atoms with Crippen molar-refractivity contribution >= 4 is 51.9 Å². The van der Waals surface area contributed by atoms with Crippen LogP contribution < -0.4 is 0 Å². The number of hydrogen-bond acceptors (Lipinski definition) is 4. The molecule has 1 heterocycles. The van der Waals surface area contributed by atoms with Gasteiger partial charge in [-0.1, -0.05) is 29.4 Å². The molecule has 0 atom stereocenters. The molecule has 0 fully saturated rings.